The van der Waals surface area contributed by atoms with Crippen LogP contribution < -0.4 is 16.2 Å². The fourth-order valence-electron chi connectivity index (χ4n) is 2.64. The smallest absolute Gasteiger partial charge is 0.238 e. The molecule has 0 bridgehead atoms. The first-order chi connectivity index (χ1) is 8.95. The van der Waals surface area contributed by atoms with Gasteiger partial charge in [0.15, 0.2) is 0 Å². The zero-order valence-electron chi connectivity index (χ0n) is 10.9. The lowest BCUT2D eigenvalue weighted by molar-refractivity contribution is 0.331. The Kier molecular flexibility index (Phi) is 4.13. The third-order valence-electron chi connectivity index (χ3n) is 3.79. The molecule has 0 saturated heterocycles. The van der Waals surface area contributed by atoms with Gasteiger partial charge in [-0.2, -0.15) is 0 Å². The van der Waals surface area contributed by atoms with Crippen LogP contribution >= 0.6 is 0 Å². The second kappa shape index (κ2) is 5.48. The van der Waals surface area contributed by atoms with E-state index in [0.29, 0.717) is 6.54 Å². The van der Waals surface area contributed by atoms with Crippen molar-refractivity contribution in [2.24, 2.45) is 10.9 Å². The van der Waals surface area contributed by atoms with E-state index in [1.165, 1.54) is 31.4 Å². The summed E-state index contributed by atoms with van der Waals surface area (Å²) in [6.07, 6.45) is 5.73. The third kappa shape index (κ3) is 3.46. The normalized spacial score (nSPS) is 19.1. The number of nitrogens with one attached hydrogen (secondary N) is 1. The maximum absolute atomic E-state index is 11.2. The van der Waals surface area contributed by atoms with E-state index < -0.39 is 10.0 Å². The second-order valence-electron chi connectivity index (χ2n) is 5.24. The van der Waals surface area contributed by atoms with Gasteiger partial charge in [-0.15, -0.1) is 0 Å². The van der Waals surface area contributed by atoms with Crippen LogP contribution in [0.4, 0.5) is 5.69 Å². The maximum atomic E-state index is 11.2. The quantitative estimate of drug-likeness (QED) is 0.778. The van der Waals surface area contributed by atoms with E-state index in [9.17, 15) is 8.42 Å². The summed E-state index contributed by atoms with van der Waals surface area (Å²) >= 11 is 0. The fourth-order valence-corrected chi connectivity index (χ4v) is 3.16. The molecule has 2 rings (SSSR count). The lowest BCUT2D eigenvalue weighted by atomic mass is 9.81. The lowest BCUT2D eigenvalue weighted by Crippen LogP contribution is -2.46. The number of sulfonamides is 1. The van der Waals surface area contributed by atoms with E-state index in [4.69, 9.17) is 10.9 Å². The van der Waals surface area contributed by atoms with Crippen molar-refractivity contribution < 1.29 is 8.42 Å². The highest BCUT2D eigenvalue weighted by atomic mass is 32.2. The van der Waals surface area contributed by atoms with Gasteiger partial charge in [0, 0.05) is 17.8 Å². The van der Waals surface area contributed by atoms with Crippen LogP contribution in [0, 0.1) is 0 Å². The summed E-state index contributed by atoms with van der Waals surface area (Å²) in [5.74, 6) is 0. The first kappa shape index (κ1) is 14.3. The topological polar surface area (TPSA) is 98.2 Å². The van der Waals surface area contributed by atoms with Crippen molar-refractivity contribution in [2.75, 3.05) is 11.9 Å². The van der Waals surface area contributed by atoms with E-state index in [-0.39, 0.29) is 10.4 Å². The predicted molar refractivity (Wildman–Crippen MR) is 76.3 cm³/mol. The first-order valence-electron chi connectivity index (χ1n) is 6.56. The monoisotopic (exact) mass is 283 g/mol. The molecule has 0 aliphatic heterocycles. The van der Waals surface area contributed by atoms with E-state index >= 15 is 0 Å². The molecule has 1 fully saturated rings. The molecule has 6 heteroatoms. The molecule has 0 aromatic heterocycles. The number of hydrogen-bond acceptors (Lipinski definition) is 4. The van der Waals surface area contributed by atoms with E-state index in [1.807, 2.05) is 0 Å². The Balaban J connectivity index is 2.14. The van der Waals surface area contributed by atoms with Crippen molar-refractivity contribution in [1.29, 1.82) is 0 Å². The average Bonchev–Trinajstić information content (AvgIpc) is 2.39. The minimum atomic E-state index is -3.63. The maximum Gasteiger partial charge on any atom is 0.238 e. The highest BCUT2D eigenvalue weighted by molar-refractivity contribution is 7.89. The van der Waals surface area contributed by atoms with Crippen molar-refractivity contribution >= 4 is 15.7 Å². The summed E-state index contributed by atoms with van der Waals surface area (Å²) in [4.78, 5) is 0.128. The summed E-state index contributed by atoms with van der Waals surface area (Å²) in [5.41, 5.74) is 6.74. The fraction of sp³-hybridized carbons (Fsp3) is 0.538. The van der Waals surface area contributed by atoms with Crippen molar-refractivity contribution in [3.05, 3.63) is 24.3 Å². The molecule has 0 amide bonds. The molecule has 1 aliphatic carbocycles. The minimum Gasteiger partial charge on any atom is -0.378 e. The Morgan fingerprint density at radius 3 is 2.16 bits per heavy atom. The van der Waals surface area contributed by atoms with Gasteiger partial charge in [0.1, 0.15) is 0 Å². The van der Waals surface area contributed by atoms with Crippen LogP contribution in [-0.4, -0.2) is 20.5 Å². The Morgan fingerprint density at radius 2 is 1.68 bits per heavy atom. The van der Waals surface area contributed by atoms with Gasteiger partial charge >= 0.3 is 0 Å². The number of hydrogen-bond donors (Lipinski definition) is 3. The Bertz CT molecular complexity index is 519. The van der Waals surface area contributed by atoms with Crippen molar-refractivity contribution in [1.82, 2.24) is 0 Å². The number of primary sulfonamides is 1. The number of anilines is 1. The summed E-state index contributed by atoms with van der Waals surface area (Å²) in [7, 11) is -3.63. The summed E-state index contributed by atoms with van der Waals surface area (Å²) in [5, 5.41) is 8.54. The largest absolute Gasteiger partial charge is 0.378 e. The van der Waals surface area contributed by atoms with Gasteiger partial charge in [-0.3, -0.25) is 0 Å². The molecular weight excluding hydrogens is 262 g/mol. The lowest BCUT2D eigenvalue weighted by Gasteiger charge is -2.38. The first-order valence-corrected chi connectivity index (χ1v) is 8.11. The van der Waals surface area contributed by atoms with Crippen LogP contribution in [0.1, 0.15) is 32.1 Å². The Morgan fingerprint density at radius 1 is 1.11 bits per heavy atom. The van der Waals surface area contributed by atoms with Gasteiger partial charge in [-0.25, -0.2) is 13.6 Å². The molecular formula is C13H21N3O2S. The number of rotatable bonds is 4. The molecule has 5 N–H and O–H groups in total. The molecule has 0 unspecified atom stereocenters. The van der Waals surface area contributed by atoms with Gasteiger partial charge in [0.2, 0.25) is 10.0 Å². The molecule has 19 heavy (non-hydrogen) atoms. The van der Waals surface area contributed by atoms with Gasteiger partial charge in [-0.05, 0) is 37.1 Å². The zero-order chi connectivity index (χ0) is 13.9. The summed E-state index contributed by atoms with van der Waals surface area (Å²) in [6.45, 7) is 0.587. The van der Waals surface area contributed by atoms with Crippen LogP contribution in [0.25, 0.3) is 0 Å². The summed E-state index contributed by atoms with van der Waals surface area (Å²) < 4.78 is 22.4. The van der Waals surface area contributed by atoms with Crippen LogP contribution in [0.2, 0.25) is 0 Å². The van der Waals surface area contributed by atoms with Gasteiger partial charge < -0.3 is 11.1 Å². The van der Waals surface area contributed by atoms with E-state index in [1.54, 1.807) is 12.1 Å². The molecule has 0 spiro atoms. The summed E-state index contributed by atoms with van der Waals surface area (Å²) in [6, 6.07) is 6.52. The molecule has 1 aliphatic rings. The Labute approximate surface area is 114 Å². The van der Waals surface area contributed by atoms with Crippen LogP contribution in [-0.2, 0) is 10.0 Å². The molecule has 0 atom stereocenters. The van der Waals surface area contributed by atoms with Crippen molar-refractivity contribution in [3.63, 3.8) is 0 Å². The van der Waals surface area contributed by atoms with Gasteiger partial charge in [0.25, 0.3) is 0 Å². The van der Waals surface area contributed by atoms with Crippen molar-refractivity contribution in [3.8, 4) is 0 Å². The highest BCUT2D eigenvalue weighted by Crippen LogP contribution is 2.31. The zero-order valence-corrected chi connectivity index (χ0v) is 11.7. The number of benzene rings is 1. The van der Waals surface area contributed by atoms with Gasteiger partial charge in [-0.1, -0.05) is 19.3 Å². The SMILES string of the molecule is NCC1(Nc2ccc(S(N)(=O)=O)cc2)CCCCC1. The molecule has 0 radical (unpaired) electrons. The van der Waals surface area contributed by atoms with Crippen LogP contribution in [0.5, 0.6) is 0 Å². The molecule has 106 valence electrons. The minimum absolute atomic E-state index is 0.0542. The van der Waals surface area contributed by atoms with E-state index in [0.717, 1.165) is 18.5 Å². The molecule has 1 saturated carbocycles. The van der Waals surface area contributed by atoms with Crippen molar-refractivity contribution in [2.45, 2.75) is 42.5 Å². The predicted octanol–water partition coefficient (Wildman–Crippen LogP) is 1.41. The van der Waals surface area contributed by atoms with Crippen LogP contribution in [0.3, 0.4) is 0 Å². The standard InChI is InChI=1S/C13H21N3O2S/c14-10-13(8-2-1-3-9-13)16-11-4-6-12(7-5-11)19(15,17)18/h4-7,16H,1-3,8-10,14H2,(H2,15,17,18). The highest BCUT2D eigenvalue weighted by Gasteiger charge is 2.30. The average molecular weight is 283 g/mol. The second-order valence-corrected chi connectivity index (χ2v) is 6.80. The van der Waals surface area contributed by atoms with Crippen LogP contribution in [0.15, 0.2) is 29.2 Å². The Hall–Kier alpha value is -1.11. The molecule has 0 heterocycles. The van der Waals surface area contributed by atoms with E-state index in [2.05, 4.69) is 5.32 Å². The molecule has 1 aromatic rings. The van der Waals surface area contributed by atoms with Gasteiger partial charge in [0.05, 0.1) is 4.90 Å². The molecule has 5 nitrogen and oxygen atoms in total. The number of nitrogens with two attached hydrogens (primary N) is 2. The third-order valence-corrected chi connectivity index (χ3v) is 4.72. The molecule has 1 aromatic carbocycles.